The molecule has 29 heavy (non-hydrogen) atoms. The molecule has 2 aromatic heterocycles. The van der Waals surface area contributed by atoms with E-state index in [1.54, 1.807) is 6.26 Å². The average Bonchev–Trinajstić information content (AvgIpc) is 3.13. The summed E-state index contributed by atoms with van der Waals surface area (Å²) in [5.41, 5.74) is 2.27. The number of benzene rings is 1. The van der Waals surface area contributed by atoms with E-state index in [1.165, 1.54) is 17.3 Å². The number of nitrogens with zero attached hydrogens (tertiary/aromatic N) is 4. The first-order chi connectivity index (χ1) is 14.1. The van der Waals surface area contributed by atoms with Crippen molar-refractivity contribution in [3.05, 3.63) is 59.8 Å². The molecular weight excluding hydrogens is 384 g/mol. The third-order valence-corrected chi connectivity index (χ3v) is 6.72. The van der Waals surface area contributed by atoms with Gasteiger partial charge in [-0.2, -0.15) is 0 Å². The molecule has 1 aromatic carbocycles. The third-order valence-electron chi connectivity index (χ3n) is 5.66. The van der Waals surface area contributed by atoms with Crippen LogP contribution in [0.5, 0.6) is 0 Å². The summed E-state index contributed by atoms with van der Waals surface area (Å²) in [7, 11) is 0. The second-order valence-corrected chi connectivity index (χ2v) is 9.24. The van der Waals surface area contributed by atoms with Crippen molar-refractivity contribution in [3.63, 3.8) is 0 Å². The molecular formula is C22H24N4O2S. The molecule has 3 aromatic rings. The number of carbonyl (C=O) groups excluding carboxylic acids is 1. The lowest BCUT2D eigenvalue weighted by molar-refractivity contribution is -0.118. The number of furan rings is 1. The number of carbonyl (C=O) groups is 1. The summed E-state index contributed by atoms with van der Waals surface area (Å²) in [4.78, 5) is 15.3. The molecule has 1 saturated carbocycles. The minimum absolute atomic E-state index is 0.118. The minimum Gasteiger partial charge on any atom is -0.467 e. The highest BCUT2D eigenvalue weighted by Gasteiger charge is 2.35. The monoisotopic (exact) mass is 408 g/mol. The van der Waals surface area contributed by atoms with Gasteiger partial charge >= 0.3 is 0 Å². The molecule has 0 bridgehead atoms. The van der Waals surface area contributed by atoms with Crippen molar-refractivity contribution in [2.45, 2.75) is 62.0 Å². The van der Waals surface area contributed by atoms with Crippen molar-refractivity contribution >= 4 is 23.4 Å². The first-order valence-corrected chi connectivity index (χ1v) is 11.0. The van der Waals surface area contributed by atoms with Crippen LogP contribution in [0.25, 0.3) is 0 Å². The van der Waals surface area contributed by atoms with Gasteiger partial charge in [0.25, 0.3) is 0 Å². The Bertz CT molecular complexity index is 1030. The number of hydrogen-bond acceptors (Lipinski definition) is 5. The zero-order valence-corrected chi connectivity index (χ0v) is 17.4. The molecule has 3 heterocycles. The summed E-state index contributed by atoms with van der Waals surface area (Å²) in [5.74, 6) is 2.47. The molecule has 1 fully saturated rings. The number of para-hydroxylation sites is 1. The lowest BCUT2D eigenvalue weighted by Crippen LogP contribution is -2.40. The van der Waals surface area contributed by atoms with Crippen LogP contribution >= 0.6 is 11.8 Å². The van der Waals surface area contributed by atoms with Gasteiger partial charge in [0, 0.05) is 17.6 Å². The molecule has 5 rings (SSSR count). The summed E-state index contributed by atoms with van der Waals surface area (Å²) in [6.07, 6.45) is 4.89. The molecule has 1 aliphatic heterocycles. The SMILES string of the molecule is CC(Sc1nnc(C2CC2)n1Cc1ccco1)C(=O)N1c2ccccc2CC1C. The van der Waals surface area contributed by atoms with E-state index in [0.29, 0.717) is 12.5 Å². The Hall–Kier alpha value is -2.54. The van der Waals surface area contributed by atoms with Crippen LogP contribution in [0.2, 0.25) is 0 Å². The average molecular weight is 409 g/mol. The first kappa shape index (κ1) is 18.5. The van der Waals surface area contributed by atoms with Crippen LogP contribution in [-0.4, -0.2) is 32.0 Å². The van der Waals surface area contributed by atoms with Crippen LogP contribution in [0.3, 0.4) is 0 Å². The number of rotatable bonds is 6. The highest BCUT2D eigenvalue weighted by Crippen LogP contribution is 2.41. The number of anilines is 1. The highest BCUT2D eigenvalue weighted by atomic mass is 32.2. The van der Waals surface area contributed by atoms with Gasteiger partial charge in [0.05, 0.1) is 18.1 Å². The fraction of sp³-hybridized carbons (Fsp3) is 0.409. The standard InChI is InChI=1S/C22H24N4O2S/c1-14-12-17-6-3-4-8-19(17)26(14)21(27)15(2)29-22-24-23-20(16-9-10-16)25(22)13-18-7-5-11-28-18/h3-8,11,14-16H,9-10,12-13H2,1-2H3. The molecule has 2 unspecified atom stereocenters. The maximum Gasteiger partial charge on any atom is 0.240 e. The van der Waals surface area contributed by atoms with E-state index in [2.05, 4.69) is 27.8 Å². The smallest absolute Gasteiger partial charge is 0.240 e. The molecule has 7 heteroatoms. The number of hydrogen-bond donors (Lipinski definition) is 0. The third kappa shape index (κ3) is 3.48. The van der Waals surface area contributed by atoms with E-state index in [9.17, 15) is 4.79 Å². The number of fused-ring (bicyclic) bond motifs is 1. The minimum atomic E-state index is -0.254. The van der Waals surface area contributed by atoms with Crippen molar-refractivity contribution in [1.82, 2.24) is 14.8 Å². The second kappa shape index (κ2) is 7.37. The van der Waals surface area contributed by atoms with E-state index < -0.39 is 0 Å². The summed E-state index contributed by atoms with van der Waals surface area (Å²) >= 11 is 1.49. The Morgan fingerprint density at radius 1 is 1.24 bits per heavy atom. The van der Waals surface area contributed by atoms with Crippen LogP contribution in [0.1, 0.15) is 49.8 Å². The van der Waals surface area contributed by atoms with Gasteiger partial charge in [0.2, 0.25) is 5.91 Å². The Balaban J connectivity index is 1.38. The molecule has 0 radical (unpaired) electrons. The largest absolute Gasteiger partial charge is 0.467 e. The molecule has 2 atom stereocenters. The summed E-state index contributed by atoms with van der Waals surface area (Å²) < 4.78 is 7.66. The zero-order valence-electron chi connectivity index (χ0n) is 16.6. The van der Waals surface area contributed by atoms with Gasteiger partial charge < -0.3 is 9.32 Å². The van der Waals surface area contributed by atoms with Gasteiger partial charge in [-0.05, 0) is 56.9 Å². The van der Waals surface area contributed by atoms with Gasteiger partial charge in [-0.15, -0.1) is 10.2 Å². The van der Waals surface area contributed by atoms with Crippen molar-refractivity contribution in [2.75, 3.05) is 4.90 Å². The second-order valence-electron chi connectivity index (χ2n) is 7.93. The van der Waals surface area contributed by atoms with Crippen LogP contribution in [-0.2, 0) is 17.8 Å². The zero-order chi connectivity index (χ0) is 20.0. The fourth-order valence-corrected chi connectivity index (χ4v) is 4.95. The molecule has 0 saturated heterocycles. The fourth-order valence-electron chi connectivity index (χ4n) is 4.04. The maximum atomic E-state index is 13.3. The van der Waals surface area contributed by atoms with Crippen LogP contribution < -0.4 is 4.90 Å². The number of aromatic nitrogens is 3. The summed E-state index contributed by atoms with van der Waals surface area (Å²) in [5, 5.41) is 9.41. The van der Waals surface area contributed by atoms with Crippen LogP contribution in [0, 0.1) is 0 Å². The van der Waals surface area contributed by atoms with E-state index in [4.69, 9.17) is 4.42 Å². The van der Waals surface area contributed by atoms with E-state index in [-0.39, 0.29) is 17.2 Å². The Morgan fingerprint density at radius 2 is 2.07 bits per heavy atom. The van der Waals surface area contributed by atoms with Crippen LogP contribution in [0.15, 0.2) is 52.2 Å². The number of thioether (sulfide) groups is 1. The first-order valence-electron chi connectivity index (χ1n) is 10.1. The van der Waals surface area contributed by atoms with Crippen molar-refractivity contribution in [1.29, 1.82) is 0 Å². The van der Waals surface area contributed by atoms with Crippen molar-refractivity contribution in [2.24, 2.45) is 0 Å². The van der Waals surface area contributed by atoms with Gasteiger partial charge in [0.15, 0.2) is 5.16 Å². The molecule has 6 nitrogen and oxygen atoms in total. The predicted molar refractivity (Wildman–Crippen MR) is 112 cm³/mol. The Morgan fingerprint density at radius 3 is 2.83 bits per heavy atom. The molecule has 0 N–H and O–H groups in total. The molecule has 1 aliphatic carbocycles. The lowest BCUT2D eigenvalue weighted by Gasteiger charge is -2.25. The topological polar surface area (TPSA) is 64.2 Å². The molecule has 2 aliphatic rings. The normalized spacial score (nSPS) is 19.4. The van der Waals surface area contributed by atoms with E-state index >= 15 is 0 Å². The van der Waals surface area contributed by atoms with Gasteiger partial charge in [-0.3, -0.25) is 9.36 Å². The highest BCUT2D eigenvalue weighted by molar-refractivity contribution is 8.00. The van der Waals surface area contributed by atoms with Crippen molar-refractivity contribution in [3.8, 4) is 0 Å². The van der Waals surface area contributed by atoms with Gasteiger partial charge in [-0.1, -0.05) is 30.0 Å². The Labute approximate surface area is 174 Å². The van der Waals surface area contributed by atoms with Gasteiger partial charge in [-0.25, -0.2) is 0 Å². The van der Waals surface area contributed by atoms with Crippen molar-refractivity contribution < 1.29 is 9.21 Å². The summed E-state index contributed by atoms with van der Waals surface area (Å²) in [6.45, 7) is 4.67. The maximum absolute atomic E-state index is 13.3. The summed E-state index contributed by atoms with van der Waals surface area (Å²) in [6, 6.07) is 12.2. The molecule has 1 amide bonds. The molecule has 0 spiro atoms. The Kier molecular flexibility index (Phi) is 4.70. The van der Waals surface area contributed by atoms with E-state index in [0.717, 1.165) is 41.7 Å². The quantitative estimate of drug-likeness (QED) is 0.571. The predicted octanol–water partition coefficient (Wildman–Crippen LogP) is 4.26. The van der Waals surface area contributed by atoms with E-state index in [1.807, 2.05) is 42.2 Å². The number of amides is 1. The lowest BCUT2D eigenvalue weighted by atomic mass is 10.1. The molecule has 150 valence electrons. The van der Waals surface area contributed by atoms with Crippen LogP contribution in [0.4, 0.5) is 5.69 Å². The van der Waals surface area contributed by atoms with Gasteiger partial charge in [0.1, 0.15) is 11.6 Å².